The number of nitrogen functional groups attached to an aromatic ring is 2. The van der Waals surface area contributed by atoms with Gasteiger partial charge in [-0.2, -0.15) is 5.10 Å². The minimum Gasteiger partial charge on any atom is -0.383 e. The van der Waals surface area contributed by atoms with Crippen LogP contribution in [-0.4, -0.2) is 34.7 Å². The zero-order valence-electron chi connectivity index (χ0n) is 17.9. The summed E-state index contributed by atoms with van der Waals surface area (Å²) in [6.07, 6.45) is 1.56. The first-order chi connectivity index (χ1) is 15.9. The third-order valence-corrected chi connectivity index (χ3v) is 5.66. The van der Waals surface area contributed by atoms with Crippen molar-refractivity contribution in [1.82, 2.24) is 34.7 Å². The van der Waals surface area contributed by atoms with E-state index in [0.29, 0.717) is 33.6 Å². The molecule has 2 aromatic carbocycles. The van der Waals surface area contributed by atoms with Gasteiger partial charge in [0.05, 0.1) is 33.4 Å². The van der Waals surface area contributed by atoms with Crippen LogP contribution in [0.25, 0.3) is 33.7 Å². The number of nitrogens with zero attached hydrogens (tertiary/aromatic N) is 7. The van der Waals surface area contributed by atoms with Gasteiger partial charge < -0.3 is 11.5 Å². The van der Waals surface area contributed by atoms with E-state index in [2.05, 4.69) is 20.1 Å². The molecule has 1 unspecified atom stereocenters. The maximum atomic E-state index is 6.52. The maximum absolute atomic E-state index is 6.52. The number of benzene rings is 2. The Hall–Kier alpha value is -4.11. The number of aryl methyl sites for hydroxylation is 1. The lowest BCUT2D eigenvalue weighted by molar-refractivity contribution is 0.767. The lowest BCUT2D eigenvalue weighted by Gasteiger charge is -2.17. The van der Waals surface area contributed by atoms with Crippen molar-refractivity contribution in [3.05, 3.63) is 71.4 Å². The summed E-state index contributed by atoms with van der Waals surface area (Å²) in [7, 11) is 1.76. The molecule has 164 valence electrons. The van der Waals surface area contributed by atoms with Crippen molar-refractivity contribution in [2.75, 3.05) is 11.5 Å². The van der Waals surface area contributed by atoms with Crippen LogP contribution in [0.5, 0.6) is 0 Å². The highest BCUT2D eigenvalue weighted by molar-refractivity contribution is 6.33. The van der Waals surface area contributed by atoms with E-state index in [9.17, 15) is 0 Å². The van der Waals surface area contributed by atoms with Gasteiger partial charge in [-0.25, -0.2) is 24.9 Å². The van der Waals surface area contributed by atoms with Gasteiger partial charge in [0.2, 0.25) is 0 Å². The quantitative estimate of drug-likeness (QED) is 0.415. The van der Waals surface area contributed by atoms with Crippen molar-refractivity contribution >= 4 is 34.3 Å². The van der Waals surface area contributed by atoms with E-state index in [1.165, 1.54) is 0 Å². The molecule has 3 heterocycles. The first-order valence-electron chi connectivity index (χ1n) is 10.2. The van der Waals surface area contributed by atoms with Gasteiger partial charge in [-0.3, -0.25) is 4.68 Å². The summed E-state index contributed by atoms with van der Waals surface area (Å²) >= 11 is 6.52. The van der Waals surface area contributed by atoms with Gasteiger partial charge in [-0.15, -0.1) is 0 Å². The maximum Gasteiger partial charge on any atom is 0.188 e. The lowest BCUT2D eigenvalue weighted by atomic mass is 9.99. The van der Waals surface area contributed by atoms with Crippen molar-refractivity contribution in [2.45, 2.75) is 12.8 Å². The Morgan fingerprint density at radius 2 is 1.52 bits per heavy atom. The van der Waals surface area contributed by atoms with Crippen molar-refractivity contribution in [2.24, 2.45) is 7.05 Å². The molecule has 0 fully saturated rings. The highest BCUT2D eigenvalue weighted by Gasteiger charge is 2.24. The van der Waals surface area contributed by atoms with Gasteiger partial charge in [0.1, 0.15) is 29.4 Å². The molecule has 0 aliphatic rings. The monoisotopic (exact) mass is 457 g/mol. The second-order valence-corrected chi connectivity index (χ2v) is 8.02. The number of rotatable bonds is 4. The summed E-state index contributed by atoms with van der Waals surface area (Å²) in [5.74, 6) is 0.812. The Balaban J connectivity index is 1.68. The molecule has 5 rings (SSSR count). The molecular weight excluding hydrogens is 438 g/mol. The number of para-hydroxylation sites is 2. The smallest absolute Gasteiger partial charge is 0.188 e. The third kappa shape index (κ3) is 3.72. The number of anilines is 2. The van der Waals surface area contributed by atoms with Crippen LogP contribution >= 0.6 is 11.6 Å². The van der Waals surface area contributed by atoms with Crippen molar-refractivity contribution in [3.8, 4) is 22.6 Å². The van der Waals surface area contributed by atoms with E-state index in [1.807, 2.05) is 55.5 Å². The Labute approximate surface area is 194 Å². The van der Waals surface area contributed by atoms with Crippen molar-refractivity contribution in [3.63, 3.8) is 0 Å². The molecule has 3 aromatic heterocycles. The molecule has 33 heavy (non-hydrogen) atoms. The average Bonchev–Trinajstić information content (AvgIpc) is 3.23. The topological polar surface area (TPSA) is 134 Å². The summed E-state index contributed by atoms with van der Waals surface area (Å²) < 4.78 is 1.56. The Bertz CT molecular complexity index is 1470. The molecule has 5 aromatic rings. The highest BCUT2D eigenvalue weighted by Crippen LogP contribution is 2.36. The fraction of sp³-hybridized carbons (Fsp3) is 0.130. The summed E-state index contributed by atoms with van der Waals surface area (Å²) in [5.41, 5.74) is 16.6. The van der Waals surface area contributed by atoms with Crippen molar-refractivity contribution in [1.29, 1.82) is 0 Å². The molecule has 0 spiro atoms. The predicted molar refractivity (Wildman–Crippen MR) is 128 cm³/mol. The van der Waals surface area contributed by atoms with E-state index in [1.54, 1.807) is 18.1 Å². The molecule has 9 nitrogen and oxygen atoms in total. The molecule has 0 saturated heterocycles. The Morgan fingerprint density at radius 3 is 2.15 bits per heavy atom. The summed E-state index contributed by atoms with van der Waals surface area (Å²) in [6.45, 7) is 1.94. The second-order valence-electron chi connectivity index (χ2n) is 7.62. The Kier molecular flexibility index (Phi) is 5.10. The zero-order chi connectivity index (χ0) is 23.1. The molecule has 0 aliphatic heterocycles. The van der Waals surface area contributed by atoms with E-state index in [0.717, 1.165) is 16.6 Å². The van der Waals surface area contributed by atoms with Crippen LogP contribution in [0.2, 0.25) is 5.02 Å². The van der Waals surface area contributed by atoms with Gasteiger partial charge in [0.25, 0.3) is 0 Å². The largest absolute Gasteiger partial charge is 0.383 e. The van der Waals surface area contributed by atoms with Crippen LogP contribution < -0.4 is 11.5 Å². The summed E-state index contributed by atoms with van der Waals surface area (Å²) in [5, 5.41) is 4.84. The van der Waals surface area contributed by atoms with E-state index < -0.39 is 0 Å². The molecule has 0 amide bonds. The third-order valence-electron chi connectivity index (χ3n) is 5.33. The second kappa shape index (κ2) is 8.10. The van der Waals surface area contributed by atoms with Crippen molar-refractivity contribution < 1.29 is 0 Å². The van der Waals surface area contributed by atoms with Gasteiger partial charge in [0, 0.05) is 12.6 Å². The van der Waals surface area contributed by atoms with Gasteiger partial charge in [-0.1, -0.05) is 41.9 Å². The summed E-state index contributed by atoms with van der Waals surface area (Å²) in [6, 6.07) is 15.2. The Morgan fingerprint density at radius 1 is 0.879 bits per heavy atom. The van der Waals surface area contributed by atoms with Crippen LogP contribution in [0.1, 0.15) is 24.4 Å². The van der Waals surface area contributed by atoms with Crippen LogP contribution in [0.4, 0.5) is 11.6 Å². The van der Waals surface area contributed by atoms with Crippen LogP contribution in [0.15, 0.2) is 54.9 Å². The molecule has 10 heteroatoms. The zero-order valence-corrected chi connectivity index (χ0v) is 18.7. The first-order valence-corrected chi connectivity index (χ1v) is 10.6. The van der Waals surface area contributed by atoms with Gasteiger partial charge in [-0.05, 0) is 25.1 Å². The molecule has 0 aliphatic carbocycles. The molecule has 1 atom stereocenters. The molecular formula is C23H20ClN9. The van der Waals surface area contributed by atoms with Crippen LogP contribution in [0, 0.1) is 0 Å². The number of nitrogens with two attached hydrogens (primary N) is 2. The number of fused-ring (bicyclic) bond motifs is 1. The fourth-order valence-corrected chi connectivity index (χ4v) is 3.91. The number of hydrogen-bond donors (Lipinski definition) is 2. The number of hydrogen-bond acceptors (Lipinski definition) is 8. The molecule has 0 radical (unpaired) electrons. The van der Waals surface area contributed by atoms with E-state index >= 15 is 0 Å². The van der Waals surface area contributed by atoms with E-state index in [-0.39, 0.29) is 17.6 Å². The predicted octanol–water partition coefficient (Wildman–Crippen LogP) is 3.85. The number of aromatic nitrogens is 7. The van der Waals surface area contributed by atoms with E-state index in [4.69, 9.17) is 33.0 Å². The fourth-order valence-electron chi connectivity index (χ4n) is 3.68. The number of halogens is 1. The first kappa shape index (κ1) is 20.8. The summed E-state index contributed by atoms with van der Waals surface area (Å²) in [4.78, 5) is 23.1. The SMILES string of the molecule is CC(c1nc(N)c(-c2ncn(C)n2)c(N)n1)c1nc2ccccc2nc1-c1ccccc1Cl. The standard InChI is InChI=1S/C23H20ClN9/c1-12(22-30-20(25)17(21(26)31-22)23-27-11-33(2)32-23)18-19(13-7-3-4-8-14(13)24)29-16-10-6-5-9-15(16)28-18/h3-12H,1-2H3,(H4,25,26,30,31). The van der Waals surface area contributed by atoms with Gasteiger partial charge in [0.15, 0.2) is 5.82 Å². The van der Waals surface area contributed by atoms with Gasteiger partial charge >= 0.3 is 0 Å². The molecule has 0 saturated carbocycles. The molecule has 0 bridgehead atoms. The van der Waals surface area contributed by atoms with Crippen LogP contribution in [-0.2, 0) is 7.05 Å². The normalized spacial score (nSPS) is 12.2. The lowest BCUT2D eigenvalue weighted by Crippen LogP contribution is -2.13. The minimum atomic E-state index is -0.372. The van der Waals surface area contributed by atoms with Crippen LogP contribution in [0.3, 0.4) is 0 Å². The average molecular weight is 458 g/mol. The minimum absolute atomic E-state index is 0.198. The highest BCUT2D eigenvalue weighted by atomic mass is 35.5. The molecule has 4 N–H and O–H groups in total.